The van der Waals surface area contributed by atoms with Gasteiger partial charge < -0.3 is 14.1 Å². The first-order chi connectivity index (χ1) is 24.0. The van der Waals surface area contributed by atoms with Crippen molar-refractivity contribution in [2.75, 3.05) is 0 Å². The summed E-state index contributed by atoms with van der Waals surface area (Å²) in [4.78, 5) is 16.7. The number of hydrogen-bond acceptors (Lipinski definition) is 4. The van der Waals surface area contributed by atoms with Crippen molar-refractivity contribution >= 4 is 27.7 Å². The standard InChI is InChI=1S/C31H31N2O.C15H28O2.Ir/c1-20(2)15-24-19-34-30-29(24)26(11-13-32-30)22-12-14-33(6)28(18-22)23-16-21-9-7-8-10-25(21)27(17-23)31(3,4)5;1-7-14(5,8-2)12(16)11-13(17)15(6,9-3)10-4;/h7-14,17-20H,6,15H2,1-5H3;11,16H,7-10H2,1-6H3;/q-1;;/b;12-11-;. The Hall–Kier alpha value is -3.73. The molecule has 0 bridgehead atoms. The molecule has 0 aliphatic carbocycles. The number of allylic oxidation sites excluding steroid dienone is 2. The molecule has 5 nitrogen and oxygen atoms in total. The predicted molar refractivity (Wildman–Crippen MR) is 213 cm³/mol. The number of aliphatic hydroxyl groups excluding tert-OH is 1. The molecule has 3 aromatic heterocycles. The van der Waals surface area contributed by atoms with Gasteiger partial charge in [0.05, 0.1) is 17.8 Å². The SMILES string of the molecule is CCC(C)(CC)C(=O)/C=C(\O)C(C)(CC)CC.[CH2-][n+]1ccc(-c2ccnc3occ(CC(C)C)c23)cc1-c1[c-]c2ccccc2c(C(C)(C)C)c1.[Ir]. The average Bonchev–Trinajstić information content (AvgIpc) is 3.52. The quantitative estimate of drug-likeness (QED) is 0.0621. The van der Waals surface area contributed by atoms with E-state index in [4.69, 9.17) is 4.42 Å². The summed E-state index contributed by atoms with van der Waals surface area (Å²) in [6.45, 7) is 23.3. The molecular formula is C46H59IrN2O3-. The molecule has 1 radical (unpaired) electrons. The van der Waals surface area contributed by atoms with Crippen molar-refractivity contribution in [1.82, 2.24) is 4.98 Å². The normalized spacial score (nSPS) is 12.5. The second kappa shape index (κ2) is 17.4. The summed E-state index contributed by atoms with van der Waals surface area (Å²) in [5.41, 5.74) is 6.92. The van der Waals surface area contributed by atoms with Crippen molar-refractivity contribution < 1.29 is 39.0 Å². The van der Waals surface area contributed by atoms with E-state index in [0.29, 0.717) is 11.6 Å². The first-order valence-corrected chi connectivity index (χ1v) is 18.6. The largest absolute Gasteiger partial charge is 0.512 e. The van der Waals surface area contributed by atoms with E-state index < -0.39 is 0 Å². The fraction of sp³-hybridized carbons (Fsp3) is 0.435. The average molecular weight is 880 g/mol. The van der Waals surface area contributed by atoms with Crippen molar-refractivity contribution in [2.45, 2.75) is 114 Å². The Labute approximate surface area is 326 Å². The van der Waals surface area contributed by atoms with Crippen molar-refractivity contribution in [3.05, 3.63) is 103 Å². The van der Waals surface area contributed by atoms with Crippen molar-refractivity contribution in [2.24, 2.45) is 16.7 Å². The van der Waals surface area contributed by atoms with Crippen LogP contribution in [0.5, 0.6) is 0 Å². The van der Waals surface area contributed by atoms with Gasteiger partial charge in [-0.1, -0.05) is 105 Å². The molecule has 0 aliphatic heterocycles. The molecule has 0 spiro atoms. The summed E-state index contributed by atoms with van der Waals surface area (Å²) in [6.07, 6.45) is 11.4. The summed E-state index contributed by atoms with van der Waals surface area (Å²) in [6, 6.07) is 20.8. The van der Waals surface area contributed by atoms with Gasteiger partial charge in [-0.3, -0.25) is 4.79 Å². The number of rotatable bonds is 11. The molecule has 52 heavy (non-hydrogen) atoms. The molecule has 5 aromatic rings. The van der Waals surface area contributed by atoms with Crippen LogP contribution in [0.15, 0.2) is 83.4 Å². The van der Waals surface area contributed by atoms with E-state index in [0.717, 1.165) is 65.3 Å². The van der Waals surface area contributed by atoms with Crippen LogP contribution in [0.4, 0.5) is 0 Å². The maximum atomic E-state index is 12.2. The van der Waals surface area contributed by atoms with Crippen LogP contribution in [0.25, 0.3) is 44.3 Å². The van der Waals surface area contributed by atoms with E-state index in [1.165, 1.54) is 22.6 Å². The second-order valence-electron chi connectivity index (χ2n) is 16.0. The Morgan fingerprint density at radius 3 is 2.19 bits per heavy atom. The third kappa shape index (κ3) is 9.25. The van der Waals surface area contributed by atoms with Crippen molar-refractivity contribution in [3.8, 4) is 22.4 Å². The summed E-state index contributed by atoms with van der Waals surface area (Å²) < 4.78 is 7.75. The first kappa shape index (κ1) is 42.7. The Kier molecular flexibility index (Phi) is 14.3. The van der Waals surface area contributed by atoms with E-state index >= 15 is 0 Å². The molecule has 0 aliphatic rings. The third-order valence-corrected chi connectivity index (χ3v) is 11.0. The molecule has 281 valence electrons. The van der Waals surface area contributed by atoms with Gasteiger partial charge in [0.2, 0.25) is 5.71 Å². The molecule has 5 rings (SSSR count). The number of nitrogens with zero attached hydrogens (tertiary/aromatic N) is 2. The van der Waals surface area contributed by atoms with E-state index in [1.807, 2.05) is 64.8 Å². The van der Waals surface area contributed by atoms with Gasteiger partial charge in [0.25, 0.3) is 0 Å². The summed E-state index contributed by atoms with van der Waals surface area (Å²) in [5.74, 6) is 0.818. The first-order valence-electron chi connectivity index (χ1n) is 18.6. The smallest absolute Gasteiger partial charge is 0.226 e. The number of fused-ring (bicyclic) bond motifs is 2. The van der Waals surface area contributed by atoms with Gasteiger partial charge in [-0.05, 0) is 72.8 Å². The molecule has 0 amide bonds. The minimum atomic E-state index is -0.337. The van der Waals surface area contributed by atoms with Crippen LogP contribution in [-0.2, 0) is 36.7 Å². The fourth-order valence-electron chi connectivity index (χ4n) is 6.46. The van der Waals surface area contributed by atoms with Gasteiger partial charge in [0.15, 0.2) is 5.78 Å². The van der Waals surface area contributed by atoms with Crippen LogP contribution in [0, 0.1) is 29.9 Å². The van der Waals surface area contributed by atoms with E-state index in [2.05, 4.69) is 101 Å². The number of aliphatic hydroxyl groups is 1. The molecule has 3 heterocycles. The van der Waals surface area contributed by atoms with Gasteiger partial charge in [-0.25, -0.2) is 4.98 Å². The zero-order valence-electron chi connectivity index (χ0n) is 33.2. The number of hydrogen-bond donors (Lipinski definition) is 1. The number of furan rings is 1. The third-order valence-electron chi connectivity index (χ3n) is 11.0. The Morgan fingerprint density at radius 2 is 1.60 bits per heavy atom. The van der Waals surface area contributed by atoms with Gasteiger partial charge >= 0.3 is 0 Å². The molecule has 0 atom stereocenters. The molecule has 1 N–H and O–H groups in total. The van der Waals surface area contributed by atoms with Gasteiger partial charge in [-0.15, -0.1) is 29.1 Å². The van der Waals surface area contributed by atoms with Gasteiger partial charge in [0.1, 0.15) is 11.5 Å². The molecule has 0 saturated carbocycles. The predicted octanol–water partition coefficient (Wildman–Crippen LogP) is 12.2. The maximum Gasteiger partial charge on any atom is 0.226 e. The summed E-state index contributed by atoms with van der Waals surface area (Å²) >= 11 is 0. The van der Waals surface area contributed by atoms with E-state index in [9.17, 15) is 9.90 Å². The summed E-state index contributed by atoms with van der Waals surface area (Å²) in [7, 11) is 4.28. The van der Waals surface area contributed by atoms with Crippen LogP contribution in [0.2, 0.25) is 0 Å². The molecule has 0 fully saturated rings. The van der Waals surface area contributed by atoms with E-state index in [1.54, 1.807) is 0 Å². The Balaban J connectivity index is 0.000000347. The second-order valence-corrected chi connectivity index (χ2v) is 16.0. The van der Waals surface area contributed by atoms with E-state index in [-0.39, 0.29) is 47.9 Å². The van der Waals surface area contributed by atoms with Crippen LogP contribution < -0.4 is 4.57 Å². The van der Waals surface area contributed by atoms with Crippen molar-refractivity contribution in [3.63, 3.8) is 0 Å². The summed E-state index contributed by atoms with van der Waals surface area (Å²) in [5, 5.41) is 13.6. The number of carbonyl (C=O) groups is 1. The number of ketones is 1. The molecule has 0 unspecified atom stereocenters. The fourth-order valence-corrected chi connectivity index (χ4v) is 6.46. The molecule has 0 saturated heterocycles. The zero-order chi connectivity index (χ0) is 37.7. The Bertz CT molecular complexity index is 2010. The molecule has 2 aromatic carbocycles. The maximum absolute atomic E-state index is 12.2. The molecular weight excluding hydrogens is 821 g/mol. The van der Waals surface area contributed by atoms with Crippen LogP contribution >= 0.6 is 0 Å². The Morgan fingerprint density at radius 1 is 0.962 bits per heavy atom. The zero-order valence-corrected chi connectivity index (χ0v) is 35.6. The van der Waals surface area contributed by atoms with Gasteiger partial charge in [0, 0.05) is 55.8 Å². The number of aromatic nitrogens is 2. The van der Waals surface area contributed by atoms with Crippen LogP contribution in [0.3, 0.4) is 0 Å². The number of pyridine rings is 2. The van der Waals surface area contributed by atoms with Crippen LogP contribution in [-0.4, -0.2) is 15.9 Å². The minimum Gasteiger partial charge on any atom is -0.512 e. The monoisotopic (exact) mass is 880 g/mol. The molecule has 6 heteroatoms. The van der Waals surface area contributed by atoms with Gasteiger partial charge in [-0.2, -0.15) is 0 Å². The number of benzene rings is 2. The minimum absolute atomic E-state index is 0. The van der Waals surface area contributed by atoms with Crippen molar-refractivity contribution in [1.29, 1.82) is 0 Å². The van der Waals surface area contributed by atoms with Crippen LogP contribution in [0.1, 0.15) is 113 Å². The number of carbonyl (C=O) groups excluding carboxylic acids is 1. The topological polar surface area (TPSA) is 67.2 Å².